The lowest BCUT2D eigenvalue weighted by molar-refractivity contribution is 0.102. The summed E-state index contributed by atoms with van der Waals surface area (Å²) in [6, 6.07) is 23.4. The standard InChI is InChI=1S/C23H19N3O3/c1-29-21-13-6-5-12-19(21)22-20(15-26(25-22)17-9-3-2-4-10-17)23(28)24-16-8-7-11-18(27)14-16/h2-15,27H,1H3,(H,24,28). The van der Waals surface area contributed by atoms with Gasteiger partial charge in [-0.05, 0) is 36.4 Å². The molecule has 0 saturated heterocycles. The zero-order valence-electron chi connectivity index (χ0n) is 15.7. The molecule has 0 aliphatic carbocycles. The van der Waals surface area contributed by atoms with Crippen molar-refractivity contribution in [2.75, 3.05) is 12.4 Å². The molecule has 29 heavy (non-hydrogen) atoms. The molecule has 1 aromatic heterocycles. The van der Waals surface area contributed by atoms with Gasteiger partial charge < -0.3 is 15.2 Å². The van der Waals surface area contributed by atoms with Gasteiger partial charge in [0.2, 0.25) is 0 Å². The summed E-state index contributed by atoms with van der Waals surface area (Å²) in [5.74, 6) is 0.364. The van der Waals surface area contributed by atoms with E-state index in [2.05, 4.69) is 10.4 Å². The fraction of sp³-hybridized carbons (Fsp3) is 0.0435. The molecule has 2 N–H and O–H groups in total. The van der Waals surface area contributed by atoms with E-state index in [0.29, 0.717) is 28.3 Å². The molecule has 0 aliphatic rings. The molecule has 0 radical (unpaired) electrons. The maximum atomic E-state index is 13.1. The monoisotopic (exact) mass is 385 g/mol. The van der Waals surface area contributed by atoms with Crippen LogP contribution in [0.5, 0.6) is 11.5 Å². The van der Waals surface area contributed by atoms with Gasteiger partial charge in [-0.25, -0.2) is 4.68 Å². The Morgan fingerprint density at radius 2 is 1.76 bits per heavy atom. The van der Waals surface area contributed by atoms with Gasteiger partial charge in [-0.15, -0.1) is 0 Å². The topological polar surface area (TPSA) is 76.4 Å². The molecule has 0 atom stereocenters. The molecule has 144 valence electrons. The van der Waals surface area contributed by atoms with E-state index in [1.54, 1.807) is 36.2 Å². The van der Waals surface area contributed by atoms with E-state index < -0.39 is 0 Å². The third-order valence-corrected chi connectivity index (χ3v) is 4.45. The van der Waals surface area contributed by atoms with Crippen LogP contribution in [0.2, 0.25) is 0 Å². The van der Waals surface area contributed by atoms with Gasteiger partial charge in [0.15, 0.2) is 0 Å². The fourth-order valence-corrected chi connectivity index (χ4v) is 3.07. The predicted molar refractivity (Wildman–Crippen MR) is 112 cm³/mol. The van der Waals surface area contributed by atoms with Crippen LogP contribution in [0.25, 0.3) is 16.9 Å². The van der Waals surface area contributed by atoms with Gasteiger partial charge in [0.25, 0.3) is 5.91 Å². The molecule has 4 rings (SSSR count). The second-order valence-electron chi connectivity index (χ2n) is 6.38. The summed E-state index contributed by atoms with van der Waals surface area (Å²) in [6.45, 7) is 0. The number of phenolic OH excluding ortho intramolecular Hbond substituents is 1. The fourth-order valence-electron chi connectivity index (χ4n) is 3.07. The third-order valence-electron chi connectivity index (χ3n) is 4.45. The molecular formula is C23H19N3O3. The van der Waals surface area contributed by atoms with Crippen molar-refractivity contribution < 1.29 is 14.6 Å². The number of aromatic nitrogens is 2. The second-order valence-corrected chi connectivity index (χ2v) is 6.38. The van der Waals surface area contributed by atoms with Gasteiger partial charge in [0.05, 0.1) is 18.4 Å². The Morgan fingerprint density at radius 3 is 2.52 bits per heavy atom. The summed E-state index contributed by atoms with van der Waals surface area (Å²) < 4.78 is 7.14. The number of rotatable bonds is 5. The van der Waals surface area contributed by atoms with Gasteiger partial charge >= 0.3 is 0 Å². The normalized spacial score (nSPS) is 10.5. The maximum Gasteiger partial charge on any atom is 0.259 e. The quantitative estimate of drug-likeness (QED) is 0.530. The Kier molecular flexibility index (Phi) is 4.99. The van der Waals surface area contributed by atoms with Crippen molar-refractivity contribution in [3.05, 3.63) is 90.6 Å². The third kappa shape index (κ3) is 3.82. The minimum absolute atomic E-state index is 0.0766. The minimum Gasteiger partial charge on any atom is -0.508 e. The molecule has 6 heteroatoms. The number of ether oxygens (including phenoxy) is 1. The number of benzene rings is 3. The molecule has 0 spiro atoms. The van der Waals surface area contributed by atoms with Crippen LogP contribution in [0.4, 0.5) is 5.69 Å². The molecular weight excluding hydrogens is 366 g/mol. The molecule has 0 aliphatic heterocycles. The number of carbonyl (C=O) groups excluding carboxylic acids is 1. The molecule has 3 aromatic carbocycles. The van der Waals surface area contributed by atoms with E-state index in [1.807, 2.05) is 54.6 Å². The summed E-state index contributed by atoms with van der Waals surface area (Å²) in [4.78, 5) is 13.1. The van der Waals surface area contributed by atoms with Crippen molar-refractivity contribution in [2.45, 2.75) is 0 Å². The number of methoxy groups -OCH3 is 1. The summed E-state index contributed by atoms with van der Waals surface area (Å²) in [7, 11) is 1.58. The second kappa shape index (κ2) is 7.90. The van der Waals surface area contributed by atoms with Crippen molar-refractivity contribution in [2.24, 2.45) is 0 Å². The van der Waals surface area contributed by atoms with Crippen LogP contribution in [0.3, 0.4) is 0 Å². The lowest BCUT2D eigenvalue weighted by atomic mass is 10.1. The van der Waals surface area contributed by atoms with Crippen LogP contribution in [-0.2, 0) is 0 Å². The van der Waals surface area contributed by atoms with E-state index in [-0.39, 0.29) is 11.7 Å². The first-order valence-electron chi connectivity index (χ1n) is 9.04. The van der Waals surface area contributed by atoms with Crippen molar-refractivity contribution in [1.29, 1.82) is 0 Å². The zero-order valence-corrected chi connectivity index (χ0v) is 15.7. The highest BCUT2D eigenvalue weighted by atomic mass is 16.5. The zero-order chi connectivity index (χ0) is 20.2. The number of nitrogens with zero attached hydrogens (tertiary/aromatic N) is 2. The van der Waals surface area contributed by atoms with E-state index >= 15 is 0 Å². The van der Waals surface area contributed by atoms with Crippen LogP contribution in [0, 0.1) is 0 Å². The average Bonchev–Trinajstić information content (AvgIpc) is 3.20. The Balaban J connectivity index is 1.81. The smallest absolute Gasteiger partial charge is 0.259 e. The number of phenols is 1. The number of carbonyl (C=O) groups is 1. The van der Waals surface area contributed by atoms with Crippen LogP contribution in [0.15, 0.2) is 85.1 Å². The molecule has 6 nitrogen and oxygen atoms in total. The highest BCUT2D eigenvalue weighted by Gasteiger charge is 2.21. The molecule has 4 aromatic rings. The summed E-state index contributed by atoms with van der Waals surface area (Å²) in [6.07, 6.45) is 1.69. The van der Waals surface area contributed by atoms with E-state index in [4.69, 9.17) is 4.74 Å². The largest absolute Gasteiger partial charge is 0.508 e. The van der Waals surface area contributed by atoms with E-state index in [9.17, 15) is 9.90 Å². The Hall–Kier alpha value is -4.06. The number of para-hydroxylation sites is 2. The number of hydrogen-bond donors (Lipinski definition) is 2. The van der Waals surface area contributed by atoms with Gasteiger partial charge in [-0.3, -0.25) is 4.79 Å². The van der Waals surface area contributed by atoms with Gasteiger partial charge in [-0.1, -0.05) is 36.4 Å². The lowest BCUT2D eigenvalue weighted by Gasteiger charge is -2.08. The Labute approximate surface area is 168 Å². The number of aromatic hydroxyl groups is 1. The van der Waals surface area contributed by atoms with Gasteiger partial charge in [0.1, 0.15) is 17.2 Å². The molecule has 1 amide bonds. The molecule has 0 saturated carbocycles. The first kappa shape index (κ1) is 18.3. The van der Waals surface area contributed by atoms with Crippen molar-refractivity contribution in [3.8, 4) is 28.4 Å². The van der Waals surface area contributed by atoms with Crippen LogP contribution in [0.1, 0.15) is 10.4 Å². The highest BCUT2D eigenvalue weighted by molar-refractivity contribution is 6.08. The highest BCUT2D eigenvalue weighted by Crippen LogP contribution is 2.32. The van der Waals surface area contributed by atoms with E-state index in [1.165, 1.54) is 6.07 Å². The number of hydrogen-bond acceptors (Lipinski definition) is 4. The predicted octanol–water partition coefficient (Wildman–Crippen LogP) is 4.51. The summed E-state index contributed by atoms with van der Waals surface area (Å²) >= 11 is 0. The Morgan fingerprint density at radius 1 is 1.00 bits per heavy atom. The average molecular weight is 385 g/mol. The molecule has 0 unspecified atom stereocenters. The first-order chi connectivity index (χ1) is 14.2. The molecule has 1 heterocycles. The molecule has 0 fully saturated rings. The van der Waals surface area contributed by atoms with Crippen molar-refractivity contribution >= 4 is 11.6 Å². The maximum absolute atomic E-state index is 13.1. The molecule has 0 bridgehead atoms. The summed E-state index contributed by atoms with van der Waals surface area (Å²) in [5, 5.41) is 17.2. The van der Waals surface area contributed by atoms with Crippen molar-refractivity contribution in [1.82, 2.24) is 9.78 Å². The van der Waals surface area contributed by atoms with E-state index in [0.717, 1.165) is 5.69 Å². The van der Waals surface area contributed by atoms with Crippen LogP contribution < -0.4 is 10.1 Å². The number of nitrogens with one attached hydrogen (secondary N) is 1. The Bertz CT molecular complexity index is 1150. The van der Waals surface area contributed by atoms with Crippen molar-refractivity contribution in [3.63, 3.8) is 0 Å². The minimum atomic E-state index is -0.335. The lowest BCUT2D eigenvalue weighted by Crippen LogP contribution is -2.12. The SMILES string of the molecule is COc1ccccc1-c1nn(-c2ccccc2)cc1C(=O)Nc1cccc(O)c1. The number of amides is 1. The van der Waals surface area contributed by atoms with Crippen LogP contribution >= 0.6 is 0 Å². The first-order valence-corrected chi connectivity index (χ1v) is 9.04. The van der Waals surface area contributed by atoms with Gasteiger partial charge in [0, 0.05) is 23.5 Å². The van der Waals surface area contributed by atoms with Gasteiger partial charge in [-0.2, -0.15) is 5.10 Å². The van der Waals surface area contributed by atoms with Crippen LogP contribution in [-0.4, -0.2) is 27.9 Å². The number of anilines is 1. The summed E-state index contributed by atoms with van der Waals surface area (Å²) in [5.41, 5.74) is 2.94.